The third kappa shape index (κ3) is 20.0. The molecule has 0 unspecified atom stereocenters. The third-order valence-electron chi connectivity index (χ3n) is 4.62. The van der Waals surface area contributed by atoms with E-state index in [2.05, 4.69) is 0 Å². The number of quaternary nitrogens is 2. The zero-order valence-corrected chi connectivity index (χ0v) is 18.4. The van der Waals surface area contributed by atoms with Crippen molar-refractivity contribution in [2.75, 3.05) is 53.9 Å². The van der Waals surface area contributed by atoms with Crippen molar-refractivity contribution in [2.24, 2.45) is 28.7 Å². The maximum atomic E-state index is 10.8. The van der Waals surface area contributed by atoms with Crippen LogP contribution in [-0.2, 0) is 24.0 Å². The maximum absolute atomic E-state index is 10.8. The molecule has 0 aliphatic carbocycles. The molecule has 0 bridgehead atoms. The van der Waals surface area contributed by atoms with Gasteiger partial charge in [-0.1, -0.05) is 0 Å². The first-order chi connectivity index (χ1) is 13.6. The molecule has 0 aliphatic rings. The van der Waals surface area contributed by atoms with Gasteiger partial charge < -0.3 is 37.6 Å². The second-order valence-corrected chi connectivity index (χ2v) is 8.25. The lowest BCUT2D eigenvalue weighted by atomic mass is 10.2. The molecule has 30 heavy (non-hydrogen) atoms. The van der Waals surface area contributed by atoms with Gasteiger partial charge in [-0.2, -0.15) is 0 Å². The highest BCUT2D eigenvalue weighted by Gasteiger charge is 2.23. The molecule has 0 radical (unpaired) electrons. The minimum atomic E-state index is -0.410. The number of carbonyl (C=O) groups excluding carboxylic acids is 5. The second-order valence-electron chi connectivity index (χ2n) is 8.25. The fraction of sp³-hybridized carbons (Fsp3) is 0.722. The summed E-state index contributed by atoms with van der Waals surface area (Å²) in [6.07, 6.45) is 1.29. The highest BCUT2D eigenvalue weighted by Crippen LogP contribution is 2.07. The number of hydrogen-bond donors (Lipinski definition) is 5. The van der Waals surface area contributed by atoms with Crippen LogP contribution in [0.4, 0.5) is 0 Å². The van der Waals surface area contributed by atoms with Crippen LogP contribution in [0.15, 0.2) is 0 Å². The Kier molecular flexibility index (Phi) is 14.0. The first kappa shape index (κ1) is 29.5. The third-order valence-corrected chi connectivity index (χ3v) is 4.62. The van der Waals surface area contributed by atoms with Gasteiger partial charge in [0, 0.05) is 0 Å². The Morgan fingerprint density at radius 1 is 0.467 bits per heavy atom. The van der Waals surface area contributed by atoms with Crippen LogP contribution in [0.5, 0.6) is 0 Å². The van der Waals surface area contributed by atoms with E-state index in [-0.39, 0.29) is 31.1 Å². The summed E-state index contributed by atoms with van der Waals surface area (Å²) in [7, 11) is 5.71. The molecule has 10 N–H and O–H groups in total. The summed E-state index contributed by atoms with van der Waals surface area (Å²) >= 11 is 0. The van der Waals surface area contributed by atoms with Crippen LogP contribution < -0.4 is 28.7 Å². The van der Waals surface area contributed by atoms with E-state index in [1.54, 1.807) is 0 Å². The first-order valence-electron chi connectivity index (χ1n) is 9.65. The van der Waals surface area contributed by atoms with Crippen molar-refractivity contribution < 1.29 is 32.9 Å². The van der Waals surface area contributed by atoms with Gasteiger partial charge in [0.15, 0.2) is 0 Å². The van der Waals surface area contributed by atoms with E-state index >= 15 is 0 Å². The average Bonchev–Trinajstić information content (AvgIpc) is 2.61. The van der Waals surface area contributed by atoms with Crippen molar-refractivity contribution in [1.29, 1.82) is 0 Å². The normalized spacial score (nSPS) is 11.2. The number of carbonyl (C=O) groups is 5. The Morgan fingerprint density at radius 3 is 0.867 bits per heavy atom. The molecule has 12 nitrogen and oxygen atoms in total. The number of hydrogen-bond acceptors (Lipinski definition) is 5. The Hall–Kier alpha value is -2.73. The van der Waals surface area contributed by atoms with Crippen LogP contribution in [0.3, 0.4) is 0 Å². The fourth-order valence-corrected chi connectivity index (χ4v) is 2.41. The number of rotatable bonds is 15. The van der Waals surface area contributed by atoms with Crippen LogP contribution in [0.1, 0.15) is 32.1 Å². The molecule has 0 aromatic carbocycles. The van der Waals surface area contributed by atoms with Gasteiger partial charge >= 0.3 is 0 Å². The van der Waals surface area contributed by atoms with E-state index < -0.39 is 17.7 Å². The molecule has 0 heterocycles. The van der Waals surface area contributed by atoms with Crippen LogP contribution in [0.25, 0.3) is 0 Å². The molecule has 12 heteroatoms. The summed E-state index contributed by atoms with van der Waals surface area (Å²) in [5.74, 6) is -1.86. The summed E-state index contributed by atoms with van der Waals surface area (Å²) in [6.45, 7) is 2.69. The van der Waals surface area contributed by atoms with E-state index in [0.717, 1.165) is 0 Å². The number of nitrogens with zero attached hydrogens (tertiary/aromatic N) is 2. The van der Waals surface area contributed by atoms with Crippen molar-refractivity contribution in [1.82, 2.24) is 0 Å². The zero-order chi connectivity index (χ0) is 24.0. The summed E-state index contributed by atoms with van der Waals surface area (Å²) in [5, 5.41) is 0. The van der Waals surface area contributed by atoms with E-state index in [1.807, 2.05) is 21.1 Å². The molecule has 0 aromatic rings. The number of nitrogens with two attached hydrogens (primary N) is 5. The van der Waals surface area contributed by atoms with Gasteiger partial charge in [-0.05, 0) is 0 Å². The lowest BCUT2D eigenvalue weighted by molar-refractivity contribution is -0.907. The molecular formula is C18H39N7O5+2. The van der Waals surface area contributed by atoms with Crippen molar-refractivity contribution in [3.05, 3.63) is 0 Å². The lowest BCUT2D eigenvalue weighted by Gasteiger charge is -2.33. The molecule has 0 rings (SSSR count). The molecule has 0 saturated carbocycles. The van der Waals surface area contributed by atoms with Crippen LogP contribution in [-0.4, -0.2) is 92.4 Å². The summed E-state index contributed by atoms with van der Waals surface area (Å²) in [5.41, 5.74) is 25.3. The summed E-state index contributed by atoms with van der Waals surface area (Å²) in [4.78, 5) is 53.3. The van der Waals surface area contributed by atoms with E-state index in [9.17, 15) is 24.0 Å². The number of primary amides is 5. The van der Waals surface area contributed by atoms with Crippen LogP contribution >= 0.6 is 0 Å². The molecule has 0 aromatic heterocycles. The maximum Gasteiger partial charge on any atom is 0.223 e. The topological polar surface area (TPSA) is 215 Å². The predicted molar refractivity (Wildman–Crippen MR) is 112 cm³/mol. The van der Waals surface area contributed by atoms with Crippen LogP contribution in [0.2, 0.25) is 0 Å². The quantitative estimate of drug-likeness (QED) is 0.169. The van der Waals surface area contributed by atoms with Gasteiger partial charge in [-0.3, -0.25) is 24.0 Å². The highest BCUT2D eigenvalue weighted by atomic mass is 16.2. The van der Waals surface area contributed by atoms with Gasteiger partial charge in [0.05, 0.1) is 86.0 Å². The highest BCUT2D eigenvalue weighted by molar-refractivity contribution is 5.75. The van der Waals surface area contributed by atoms with E-state index in [0.29, 0.717) is 54.5 Å². The van der Waals surface area contributed by atoms with Crippen LogP contribution in [0, 0.1) is 0 Å². The average molecular weight is 434 g/mol. The molecule has 0 atom stereocenters. The Morgan fingerprint density at radius 2 is 0.667 bits per heavy atom. The Labute approximate surface area is 177 Å². The van der Waals surface area contributed by atoms with Gasteiger partial charge in [0.2, 0.25) is 29.5 Å². The Bertz CT molecular complexity index is 542. The first-order valence-corrected chi connectivity index (χ1v) is 9.65. The minimum Gasteiger partial charge on any atom is -0.369 e. The zero-order valence-electron chi connectivity index (χ0n) is 18.4. The van der Waals surface area contributed by atoms with Gasteiger partial charge in [-0.25, -0.2) is 0 Å². The van der Waals surface area contributed by atoms with Crippen molar-refractivity contribution in [2.45, 2.75) is 32.1 Å². The molecule has 174 valence electrons. The van der Waals surface area contributed by atoms with Crippen molar-refractivity contribution in [3.63, 3.8) is 0 Å². The summed E-state index contributed by atoms with van der Waals surface area (Å²) < 4.78 is 0.973. The van der Waals surface area contributed by atoms with Crippen molar-refractivity contribution in [3.8, 4) is 0 Å². The standard InChI is InChI=1S/C10H20N4O3.C8H17N3O2/c1-14(5-2-8(11)15,6-3-9(12)16)7-4-10(13)17;1-11(2,5-3-7(9)12)6-4-8(10)13/h2-7H2,1H3,(H5-,11,12,13,15,16,17);3-6H2,1-2H3,(H3-,9,10,12,13)/p+2. The van der Waals surface area contributed by atoms with E-state index in [4.69, 9.17) is 28.7 Å². The SMILES string of the molecule is C[N+](C)(CCC(N)=O)CCC(N)=O.C[N+](CCC(N)=O)(CCC(N)=O)CCC(N)=O. The van der Waals surface area contributed by atoms with Gasteiger partial charge in [0.25, 0.3) is 0 Å². The molecule has 0 aliphatic heterocycles. The summed E-state index contributed by atoms with van der Waals surface area (Å²) in [6, 6.07) is 0. The Balaban J connectivity index is 0. The molecular weight excluding hydrogens is 394 g/mol. The minimum absolute atomic E-state index is 0.202. The second kappa shape index (κ2) is 14.3. The fourth-order valence-electron chi connectivity index (χ4n) is 2.41. The lowest BCUT2D eigenvalue weighted by Crippen LogP contribution is -2.49. The van der Waals surface area contributed by atoms with Gasteiger partial charge in [0.1, 0.15) is 0 Å². The molecule has 0 saturated heterocycles. The monoisotopic (exact) mass is 433 g/mol. The largest absolute Gasteiger partial charge is 0.369 e. The van der Waals surface area contributed by atoms with E-state index in [1.165, 1.54) is 0 Å². The smallest absolute Gasteiger partial charge is 0.223 e. The predicted octanol–water partition coefficient (Wildman–Crippen LogP) is -3.13. The number of amides is 5. The molecule has 5 amide bonds. The van der Waals surface area contributed by atoms with Gasteiger partial charge in [-0.15, -0.1) is 0 Å². The molecule has 0 spiro atoms. The van der Waals surface area contributed by atoms with Crippen molar-refractivity contribution >= 4 is 29.5 Å². The molecule has 0 fully saturated rings.